The Morgan fingerprint density at radius 1 is 1.00 bits per heavy atom. The van der Waals surface area contributed by atoms with Gasteiger partial charge >= 0.3 is 0 Å². The Kier molecular flexibility index (Phi) is 5.32. The molecule has 1 heterocycles. The van der Waals surface area contributed by atoms with Crippen LogP contribution < -0.4 is 15.4 Å². The molecule has 2 aliphatic rings. The summed E-state index contributed by atoms with van der Waals surface area (Å²) < 4.78 is 6.88. The van der Waals surface area contributed by atoms with E-state index in [2.05, 4.69) is 21.7 Å². The minimum atomic E-state index is -0.125. The van der Waals surface area contributed by atoms with Crippen LogP contribution >= 0.6 is 11.3 Å². The summed E-state index contributed by atoms with van der Waals surface area (Å²) in [5, 5.41) is 7.24. The summed E-state index contributed by atoms with van der Waals surface area (Å²) in [7, 11) is 0. The molecule has 2 saturated carbocycles. The Bertz CT molecular complexity index is 1300. The molecule has 0 spiro atoms. The van der Waals surface area contributed by atoms with E-state index in [1.165, 1.54) is 29.7 Å². The lowest BCUT2D eigenvalue weighted by molar-refractivity contribution is 0.102. The van der Waals surface area contributed by atoms with Gasteiger partial charge in [-0.3, -0.25) is 10.1 Å². The summed E-state index contributed by atoms with van der Waals surface area (Å²) >= 11 is 1.45. The monoisotopic (exact) mass is 455 g/mol. The van der Waals surface area contributed by atoms with Gasteiger partial charge in [-0.2, -0.15) is 0 Å². The standard InChI is InChI=1S/C27H25N3O2S/c31-26(19-6-4-5-18(13-19)22-15-24(22)28-16-17-9-10-17)30-27-29-23-12-11-21(14-25(23)33-27)32-20-7-2-1-3-8-20/h1-8,11-14,17,22,24,28H,9-10,15-16H2,(H,29,30,31). The number of para-hydroxylation sites is 1. The quantitative estimate of drug-likeness (QED) is 0.332. The molecule has 0 radical (unpaired) electrons. The molecular weight excluding hydrogens is 430 g/mol. The average Bonchev–Trinajstić information content (AvgIpc) is 3.75. The first-order chi connectivity index (χ1) is 16.2. The van der Waals surface area contributed by atoms with Gasteiger partial charge < -0.3 is 10.1 Å². The van der Waals surface area contributed by atoms with Gasteiger partial charge in [0, 0.05) is 23.6 Å². The number of carbonyl (C=O) groups is 1. The molecule has 0 bridgehead atoms. The van der Waals surface area contributed by atoms with Crippen molar-refractivity contribution in [3.63, 3.8) is 0 Å². The number of hydrogen-bond acceptors (Lipinski definition) is 5. The molecule has 3 aromatic carbocycles. The summed E-state index contributed by atoms with van der Waals surface area (Å²) in [6, 6.07) is 24.0. The lowest BCUT2D eigenvalue weighted by atomic mass is 10.1. The Balaban J connectivity index is 1.12. The number of thiazole rings is 1. The van der Waals surface area contributed by atoms with Gasteiger partial charge in [-0.05, 0) is 73.7 Å². The van der Waals surface area contributed by atoms with Crippen molar-refractivity contribution in [2.45, 2.75) is 31.2 Å². The maximum Gasteiger partial charge on any atom is 0.257 e. The zero-order valence-electron chi connectivity index (χ0n) is 18.2. The van der Waals surface area contributed by atoms with Crippen LogP contribution in [0.3, 0.4) is 0 Å². The largest absolute Gasteiger partial charge is 0.457 e. The minimum Gasteiger partial charge on any atom is -0.457 e. The molecule has 2 fully saturated rings. The summed E-state index contributed by atoms with van der Waals surface area (Å²) in [6.45, 7) is 1.14. The van der Waals surface area contributed by atoms with Crippen molar-refractivity contribution in [2.24, 2.45) is 5.92 Å². The van der Waals surface area contributed by atoms with Crippen molar-refractivity contribution in [1.29, 1.82) is 0 Å². The molecule has 1 amide bonds. The number of fused-ring (bicyclic) bond motifs is 1. The lowest BCUT2D eigenvalue weighted by Crippen LogP contribution is -2.20. The second kappa shape index (κ2) is 8.61. The van der Waals surface area contributed by atoms with E-state index >= 15 is 0 Å². The highest BCUT2D eigenvalue weighted by atomic mass is 32.1. The number of aromatic nitrogens is 1. The van der Waals surface area contributed by atoms with Crippen LogP contribution in [0.1, 0.15) is 41.1 Å². The third-order valence-electron chi connectivity index (χ3n) is 6.29. The fourth-order valence-electron chi connectivity index (χ4n) is 4.16. The Morgan fingerprint density at radius 3 is 2.73 bits per heavy atom. The molecular formula is C27H25N3O2S. The van der Waals surface area contributed by atoms with Crippen LogP contribution in [-0.2, 0) is 0 Å². The molecule has 4 aromatic rings. The fourth-order valence-corrected chi connectivity index (χ4v) is 5.04. The number of carbonyl (C=O) groups excluding carboxylic acids is 1. The van der Waals surface area contributed by atoms with Gasteiger partial charge in [0.2, 0.25) is 0 Å². The predicted octanol–water partition coefficient (Wildman–Crippen LogP) is 6.20. The molecule has 2 atom stereocenters. The van der Waals surface area contributed by atoms with E-state index in [-0.39, 0.29) is 5.91 Å². The van der Waals surface area contributed by atoms with Crippen LogP contribution in [0.25, 0.3) is 10.2 Å². The summed E-state index contributed by atoms with van der Waals surface area (Å²) in [4.78, 5) is 17.5. The third-order valence-corrected chi connectivity index (χ3v) is 7.23. The van der Waals surface area contributed by atoms with Crippen molar-refractivity contribution in [3.05, 3.63) is 83.9 Å². The van der Waals surface area contributed by atoms with Crippen molar-refractivity contribution in [1.82, 2.24) is 10.3 Å². The minimum absolute atomic E-state index is 0.125. The van der Waals surface area contributed by atoms with Gasteiger partial charge in [0.05, 0.1) is 10.2 Å². The molecule has 5 nitrogen and oxygen atoms in total. The molecule has 2 unspecified atom stereocenters. The van der Waals surface area contributed by atoms with E-state index < -0.39 is 0 Å². The number of anilines is 1. The topological polar surface area (TPSA) is 63.2 Å². The first kappa shape index (κ1) is 20.4. The highest BCUT2D eigenvalue weighted by molar-refractivity contribution is 7.22. The number of ether oxygens (including phenoxy) is 1. The molecule has 1 aromatic heterocycles. The molecule has 2 N–H and O–H groups in total. The molecule has 0 saturated heterocycles. The maximum atomic E-state index is 12.9. The maximum absolute atomic E-state index is 12.9. The summed E-state index contributed by atoms with van der Waals surface area (Å²) in [5.41, 5.74) is 2.75. The van der Waals surface area contributed by atoms with Gasteiger partial charge in [-0.1, -0.05) is 41.7 Å². The molecule has 2 aliphatic carbocycles. The van der Waals surface area contributed by atoms with Crippen LogP contribution in [0.4, 0.5) is 5.13 Å². The van der Waals surface area contributed by atoms with Crippen molar-refractivity contribution < 1.29 is 9.53 Å². The lowest BCUT2D eigenvalue weighted by Gasteiger charge is -2.06. The highest BCUT2D eigenvalue weighted by Gasteiger charge is 2.39. The van der Waals surface area contributed by atoms with Crippen molar-refractivity contribution >= 4 is 32.6 Å². The van der Waals surface area contributed by atoms with Crippen LogP contribution in [0.2, 0.25) is 0 Å². The zero-order valence-corrected chi connectivity index (χ0v) is 19.0. The SMILES string of the molecule is O=C(Nc1nc2ccc(Oc3ccccc3)cc2s1)c1cccc(C2CC2NCC2CC2)c1. The molecule has 6 rings (SSSR count). The van der Waals surface area contributed by atoms with E-state index in [9.17, 15) is 4.79 Å². The summed E-state index contributed by atoms with van der Waals surface area (Å²) in [5.74, 6) is 2.81. The Hall–Kier alpha value is -3.22. The molecule has 33 heavy (non-hydrogen) atoms. The third kappa shape index (κ3) is 4.77. The van der Waals surface area contributed by atoms with Crippen LogP contribution in [-0.4, -0.2) is 23.5 Å². The van der Waals surface area contributed by atoms with Gasteiger partial charge in [0.25, 0.3) is 5.91 Å². The second-order valence-electron chi connectivity index (χ2n) is 8.94. The van der Waals surface area contributed by atoms with E-state index in [1.54, 1.807) is 0 Å². The Morgan fingerprint density at radius 2 is 1.88 bits per heavy atom. The van der Waals surface area contributed by atoms with Crippen LogP contribution in [0.15, 0.2) is 72.8 Å². The molecule has 166 valence electrons. The van der Waals surface area contributed by atoms with Gasteiger partial charge in [-0.25, -0.2) is 4.98 Å². The van der Waals surface area contributed by atoms with Crippen LogP contribution in [0.5, 0.6) is 11.5 Å². The fraction of sp³-hybridized carbons (Fsp3) is 0.259. The molecule has 6 heteroatoms. The number of benzene rings is 3. The second-order valence-corrected chi connectivity index (χ2v) is 9.97. The van der Waals surface area contributed by atoms with Crippen molar-refractivity contribution in [3.8, 4) is 11.5 Å². The smallest absolute Gasteiger partial charge is 0.257 e. The molecule has 0 aliphatic heterocycles. The number of amides is 1. The van der Waals surface area contributed by atoms with Gasteiger partial charge in [0.15, 0.2) is 5.13 Å². The van der Waals surface area contributed by atoms with Gasteiger partial charge in [0.1, 0.15) is 11.5 Å². The number of hydrogen-bond donors (Lipinski definition) is 2. The zero-order chi connectivity index (χ0) is 22.2. The number of nitrogens with one attached hydrogen (secondary N) is 2. The first-order valence-electron chi connectivity index (χ1n) is 11.5. The highest BCUT2D eigenvalue weighted by Crippen LogP contribution is 2.42. The van der Waals surface area contributed by atoms with Crippen LogP contribution in [0, 0.1) is 5.92 Å². The van der Waals surface area contributed by atoms with E-state index in [4.69, 9.17) is 4.74 Å². The van der Waals surface area contributed by atoms with E-state index in [0.717, 1.165) is 40.6 Å². The van der Waals surface area contributed by atoms with Crippen molar-refractivity contribution in [2.75, 3.05) is 11.9 Å². The summed E-state index contributed by atoms with van der Waals surface area (Å²) in [6.07, 6.45) is 3.89. The normalized spacial score (nSPS) is 19.4. The number of rotatable bonds is 8. The van der Waals surface area contributed by atoms with E-state index in [0.29, 0.717) is 22.7 Å². The Labute approximate surface area is 196 Å². The van der Waals surface area contributed by atoms with E-state index in [1.807, 2.05) is 66.7 Å². The average molecular weight is 456 g/mol. The van der Waals surface area contributed by atoms with Gasteiger partial charge in [-0.15, -0.1) is 0 Å². The predicted molar refractivity (Wildman–Crippen MR) is 132 cm³/mol. The number of nitrogens with zero attached hydrogens (tertiary/aromatic N) is 1. The first-order valence-corrected chi connectivity index (χ1v) is 12.3.